The van der Waals surface area contributed by atoms with Gasteiger partial charge in [0, 0.05) is 32.5 Å². The molecular formula is C17H22ClN5O. The minimum Gasteiger partial charge on any atom is -0.481 e. The Labute approximate surface area is 146 Å². The average molecular weight is 348 g/mol. The molecule has 0 unspecified atom stereocenters. The highest BCUT2D eigenvalue weighted by molar-refractivity contribution is 6.30. The van der Waals surface area contributed by atoms with Crippen molar-refractivity contribution in [3.63, 3.8) is 0 Å². The molecule has 0 radical (unpaired) electrons. The van der Waals surface area contributed by atoms with Crippen LogP contribution < -0.4 is 10.1 Å². The highest BCUT2D eigenvalue weighted by Crippen LogP contribution is 2.26. The van der Waals surface area contributed by atoms with Crippen LogP contribution in [0.1, 0.15) is 36.7 Å². The first-order chi connectivity index (χ1) is 11.5. The fourth-order valence-corrected chi connectivity index (χ4v) is 3.04. The van der Waals surface area contributed by atoms with E-state index < -0.39 is 0 Å². The number of rotatable bonds is 6. The molecule has 3 aromatic heterocycles. The molecule has 3 heterocycles. The topological polar surface area (TPSA) is 56.4 Å². The van der Waals surface area contributed by atoms with E-state index in [1.807, 2.05) is 36.0 Å². The third kappa shape index (κ3) is 3.25. The first-order valence-electron chi connectivity index (χ1n) is 7.93. The van der Waals surface area contributed by atoms with Crippen LogP contribution in [-0.4, -0.2) is 26.3 Å². The van der Waals surface area contributed by atoms with Crippen molar-refractivity contribution in [2.75, 3.05) is 7.11 Å². The second kappa shape index (κ2) is 6.83. The van der Waals surface area contributed by atoms with Crippen molar-refractivity contribution in [1.29, 1.82) is 0 Å². The van der Waals surface area contributed by atoms with Crippen LogP contribution in [0, 0.1) is 0 Å². The van der Waals surface area contributed by atoms with Gasteiger partial charge in [0.1, 0.15) is 5.65 Å². The van der Waals surface area contributed by atoms with Crippen LogP contribution in [0.15, 0.2) is 24.5 Å². The lowest BCUT2D eigenvalue weighted by Gasteiger charge is -2.08. The third-order valence-corrected chi connectivity index (χ3v) is 4.16. The summed E-state index contributed by atoms with van der Waals surface area (Å²) in [5, 5.41) is 8.70. The highest BCUT2D eigenvalue weighted by Gasteiger charge is 2.18. The summed E-state index contributed by atoms with van der Waals surface area (Å²) in [4.78, 5) is 4.58. The Morgan fingerprint density at radius 2 is 2.04 bits per heavy atom. The summed E-state index contributed by atoms with van der Waals surface area (Å²) in [7, 11) is 3.58. The summed E-state index contributed by atoms with van der Waals surface area (Å²) in [6, 6.07) is 3.75. The molecule has 0 aliphatic carbocycles. The molecule has 0 bridgehead atoms. The van der Waals surface area contributed by atoms with Crippen molar-refractivity contribution in [2.45, 2.75) is 32.9 Å². The fourth-order valence-electron chi connectivity index (χ4n) is 2.88. The molecule has 128 valence electrons. The number of fused-ring (bicyclic) bond motifs is 1. The average Bonchev–Trinajstić information content (AvgIpc) is 3.07. The van der Waals surface area contributed by atoms with Crippen LogP contribution in [0.3, 0.4) is 0 Å². The van der Waals surface area contributed by atoms with E-state index in [2.05, 4.69) is 29.2 Å². The number of imidazole rings is 1. The highest BCUT2D eigenvalue weighted by atomic mass is 35.5. The van der Waals surface area contributed by atoms with Crippen LogP contribution in [-0.2, 0) is 20.1 Å². The lowest BCUT2D eigenvalue weighted by molar-refractivity contribution is 0.368. The summed E-state index contributed by atoms with van der Waals surface area (Å²) in [5.41, 5.74) is 4.01. The van der Waals surface area contributed by atoms with Gasteiger partial charge in [0.15, 0.2) is 0 Å². The van der Waals surface area contributed by atoms with E-state index in [1.54, 1.807) is 11.8 Å². The predicted molar refractivity (Wildman–Crippen MR) is 94.6 cm³/mol. The number of nitrogens with one attached hydrogen (secondary N) is 1. The van der Waals surface area contributed by atoms with Gasteiger partial charge in [-0.3, -0.25) is 0 Å². The number of pyridine rings is 1. The Morgan fingerprint density at radius 1 is 1.25 bits per heavy atom. The molecule has 3 aromatic rings. The molecule has 0 fully saturated rings. The lowest BCUT2D eigenvalue weighted by Crippen LogP contribution is -2.14. The second-order valence-electron chi connectivity index (χ2n) is 6.10. The van der Waals surface area contributed by atoms with E-state index in [4.69, 9.17) is 16.3 Å². The van der Waals surface area contributed by atoms with E-state index in [9.17, 15) is 0 Å². The van der Waals surface area contributed by atoms with Gasteiger partial charge in [-0.1, -0.05) is 25.4 Å². The minimum atomic E-state index is 0.342. The normalized spacial score (nSPS) is 11.6. The zero-order valence-corrected chi connectivity index (χ0v) is 15.1. The minimum absolute atomic E-state index is 0.342. The molecule has 0 saturated heterocycles. The van der Waals surface area contributed by atoms with Gasteiger partial charge < -0.3 is 14.5 Å². The van der Waals surface area contributed by atoms with Gasteiger partial charge in [0.05, 0.1) is 29.1 Å². The molecular weight excluding hydrogens is 326 g/mol. The summed E-state index contributed by atoms with van der Waals surface area (Å²) in [6.07, 6.45) is 3.84. The molecule has 0 saturated carbocycles. The van der Waals surface area contributed by atoms with Gasteiger partial charge in [-0.2, -0.15) is 5.10 Å². The number of methoxy groups -OCH3 is 1. The third-order valence-electron chi connectivity index (χ3n) is 3.93. The molecule has 0 spiro atoms. The Balaban J connectivity index is 1.73. The Hall–Kier alpha value is -2.05. The number of halogens is 1. The molecule has 0 aliphatic rings. The molecule has 6 nitrogen and oxygen atoms in total. The monoisotopic (exact) mass is 347 g/mol. The fraction of sp³-hybridized carbons (Fsp3) is 0.412. The summed E-state index contributed by atoms with van der Waals surface area (Å²) in [5.74, 6) is 1.14. The maximum absolute atomic E-state index is 6.01. The zero-order chi connectivity index (χ0) is 17.3. The SMILES string of the molecule is COc1c(CNCc2cn3cc(Cl)ccc3n2)c(C(C)C)nn1C. The summed E-state index contributed by atoms with van der Waals surface area (Å²) >= 11 is 6.01. The van der Waals surface area contributed by atoms with E-state index >= 15 is 0 Å². The van der Waals surface area contributed by atoms with Crippen LogP contribution in [0.5, 0.6) is 5.88 Å². The smallest absolute Gasteiger partial charge is 0.216 e. The van der Waals surface area contributed by atoms with Crippen molar-refractivity contribution in [2.24, 2.45) is 7.05 Å². The van der Waals surface area contributed by atoms with Crippen molar-refractivity contribution in [3.8, 4) is 5.88 Å². The quantitative estimate of drug-likeness (QED) is 0.744. The van der Waals surface area contributed by atoms with Gasteiger partial charge in [-0.15, -0.1) is 0 Å². The van der Waals surface area contributed by atoms with E-state index in [-0.39, 0.29) is 0 Å². The first-order valence-corrected chi connectivity index (χ1v) is 8.31. The molecule has 24 heavy (non-hydrogen) atoms. The number of hydrogen-bond donors (Lipinski definition) is 1. The summed E-state index contributed by atoms with van der Waals surface area (Å²) in [6.45, 7) is 5.61. The molecule has 3 rings (SSSR count). The molecule has 0 atom stereocenters. The van der Waals surface area contributed by atoms with Gasteiger partial charge >= 0.3 is 0 Å². The van der Waals surface area contributed by atoms with Gasteiger partial charge in [-0.25, -0.2) is 9.67 Å². The van der Waals surface area contributed by atoms with Crippen molar-refractivity contribution in [1.82, 2.24) is 24.5 Å². The molecule has 0 aromatic carbocycles. The Kier molecular flexibility index (Phi) is 4.78. The maximum Gasteiger partial charge on any atom is 0.216 e. The molecule has 1 N–H and O–H groups in total. The number of hydrogen-bond acceptors (Lipinski definition) is 4. The number of ether oxygens (including phenoxy) is 1. The predicted octanol–water partition coefficient (Wildman–Crippen LogP) is 3.14. The van der Waals surface area contributed by atoms with Crippen molar-refractivity contribution in [3.05, 3.63) is 46.5 Å². The number of aromatic nitrogens is 4. The van der Waals surface area contributed by atoms with Crippen molar-refractivity contribution >= 4 is 17.2 Å². The van der Waals surface area contributed by atoms with Crippen LogP contribution in [0.2, 0.25) is 5.02 Å². The Morgan fingerprint density at radius 3 is 2.75 bits per heavy atom. The molecule has 7 heteroatoms. The summed E-state index contributed by atoms with van der Waals surface area (Å²) < 4.78 is 9.22. The van der Waals surface area contributed by atoms with Gasteiger partial charge in [-0.05, 0) is 18.1 Å². The van der Waals surface area contributed by atoms with Crippen LogP contribution in [0.25, 0.3) is 5.65 Å². The first kappa shape index (κ1) is 16.8. The van der Waals surface area contributed by atoms with Crippen molar-refractivity contribution < 1.29 is 4.74 Å². The van der Waals surface area contributed by atoms with Gasteiger partial charge in [0.2, 0.25) is 5.88 Å². The van der Waals surface area contributed by atoms with Crippen LogP contribution in [0.4, 0.5) is 0 Å². The van der Waals surface area contributed by atoms with E-state index in [0.29, 0.717) is 24.0 Å². The van der Waals surface area contributed by atoms with Crippen LogP contribution >= 0.6 is 11.6 Å². The standard InChI is InChI=1S/C17H22ClN5O/c1-11(2)16-14(17(24-4)22(3)21-16)8-19-7-13-10-23-9-12(18)5-6-15(23)20-13/h5-6,9-11,19H,7-8H2,1-4H3. The zero-order valence-electron chi connectivity index (χ0n) is 14.4. The number of aryl methyl sites for hydroxylation is 1. The maximum atomic E-state index is 6.01. The van der Waals surface area contributed by atoms with E-state index in [1.165, 1.54) is 0 Å². The largest absolute Gasteiger partial charge is 0.481 e. The molecule has 0 amide bonds. The second-order valence-corrected chi connectivity index (χ2v) is 6.54. The molecule has 0 aliphatic heterocycles. The van der Waals surface area contributed by atoms with E-state index in [0.717, 1.165) is 28.5 Å². The Bertz CT molecular complexity index is 852. The lowest BCUT2D eigenvalue weighted by atomic mass is 10.1. The van der Waals surface area contributed by atoms with Gasteiger partial charge in [0.25, 0.3) is 0 Å². The number of nitrogens with zero attached hydrogens (tertiary/aromatic N) is 4.